The smallest absolute Gasteiger partial charge is 0.163 e. The summed E-state index contributed by atoms with van der Waals surface area (Å²) in [5, 5.41) is 11.3. The normalized spacial score (nSPS) is 22.6. The third-order valence-corrected chi connectivity index (χ3v) is 4.83. The number of sulfone groups is 1. The number of hydrogen-bond donors (Lipinski definition) is 1. The van der Waals surface area contributed by atoms with E-state index in [1.807, 2.05) is 0 Å². The molecule has 0 aromatic carbocycles. The molecule has 7 nitrogen and oxygen atoms in total. The van der Waals surface area contributed by atoms with E-state index in [0.717, 1.165) is 11.5 Å². The Balaban J connectivity index is 1.71. The van der Waals surface area contributed by atoms with Gasteiger partial charge in [0.25, 0.3) is 0 Å². The molecule has 0 radical (unpaired) electrons. The molecule has 1 unspecified atom stereocenters. The van der Waals surface area contributed by atoms with Crippen LogP contribution in [-0.2, 0) is 16.4 Å². The van der Waals surface area contributed by atoms with Crippen molar-refractivity contribution in [1.29, 1.82) is 0 Å². The highest BCUT2D eigenvalue weighted by Gasteiger charge is 2.27. The Hall–Kier alpha value is -1.54. The van der Waals surface area contributed by atoms with Gasteiger partial charge in [-0.15, -0.1) is 10.2 Å². The number of aromatic nitrogens is 4. The molecular formula is C10H13N5O2S. The quantitative estimate of drug-likeness (QED) is 0.799. The van der Waals surface area contributed by atoms with E-state index in [-0.39, 0.29) is 17.5 Å². The van der Waals surface area contributed by atoms with Crippen LogP contribution in [0.25, 0.3) is 5.65 Å². The lowest BCUT2D eigenvalue weighted by Gasteiger charge is -2.08. The summed E-state index contributed by atoms with van der Waals surface area (Å²) in [4.78, 5) is 4.01. The van der Waals surface area contributed by atoms with Gasteiger partial charge < -0.3 is 5.32 Å². The van der Waals surface area contributed by atoms with Crippen LogP contribution >= 0.6 is 0 Å². The van der Waals surface area contributed by atoms with Gasteiger partial charge in [0.1, 0.15) is 6.33 Å². The Morgan fingerprint density at radius 2 is 2.33 bits per heavy atom. The molecule has 8 heteroatoms. The van der Waals surface area contributed by atoms with Gasteiger partial charge in [-0.3, -0.25) is 4.40 Å². The lowest BCUT2D eigenvalue weighted by molar-refractivity contribution is 0.539. The maximum absolute atomic E-state index is 11.3. The van der Waals surface area contributed by atoms with E-state index in [9.17, 15) is 8.42 Å². The van der Waals surface area contributed by atoms with Crippen LogP contribution in [0.4, 0.5) is 0 Å². The van der Waals surface area contributed by atoms with E-state index in [1.54, 1.807) is 23.0 Å². The zero-order valence-corrected chi connectivity index (χ0v) is 10.5. The Labute approximate surface area is 104 Å². The molecule has 1 aliphatic heterocycles. The molecule has 18 heavy (non-hydrogen) atoms. The fraction of sp³-hybridized carbons (Fsp3) is 0.500. The summed E-state index contributed by atoms with van der Waals surface area (Å²) in [5.74, 6) is 1.22. The Morgan fingerprint density at radius 1 is 1.44 bits per heavy atom. The van der Waals surface area contributed by atoms with Crippen LogP contribution in [0.1, 0.15) is 12.2 Å². The number of hydrogen-bond acceptors (Lipinski definition) is 6. The highest BCUT2D eigenvalue weighted by atomic mass is 32.2. The van der Waals surface area contributed by atoms with E-state index in [4.69, 9.17) is 0 Å². The van der Waals surface area contributed by atoms with Gasteiger partial charge in [0, 0.05) is 18.3 Å². The van der Waals surface area contributed by atoms with Crippen molar-refractivity contribution in [2.75, 3.05) is 11.5 Å². The van der Waals surface area contributed by atoms with E-state index in [1.165, 1.54) is 0 Å². The van der Waals surface area contributed by atoms with Crippen molar-refractivity contribution < 1.29 is 8.42 Å². The largest absolute Gasteiger partial charge is 0.306 e. The maximum atomic E-state index is 11.3. The fourth-order valence-corrected chi connectivity index (χ4v) is 3.81. The Kier molecular flexibility index (Phi) is 2.75. The Morgan fingerprint density at radius 3 is 3.11 bits per heavy atom. The molecule has 96 valence electrons. The first-order chi connectivity index (χ1) is 8.64. The highest BCUT2D eigenvalue weighted by Crippen LogP contribution is 2.12. The third kappa shape index (κ3) is 2.21. The molecule has 2 aromatic heterocycles. The molecule has 0 spiro atoms. The van der Waals surface area contributed by atoms with Gasteiger partial charge in [-0.1, -0.05) is 0 Å². The first-order valence-electron chi connectivity index (χ1n) is 5.71. The lowest BCUT2D eigenvalue weighted by atomic mass is 10.2. The van der Waals surface area contributed by atoms with Crippen molar-refractivity contribution in [1.82, 2.24) is 24.9 Å². The second kappa shape index (κ2) is 4.29. The fourth-order valence-electron chi connectivity index (χ4n) is 2.10. The number of nitrogens with one attached hydrogen (secondary N) is 1. The predicted octanol–water partition coefficient (Wildman–Crippen LogP) is -0.599. The summed E-state index contributed by atoms with van der Waals surface area (Å²) in [6.07, 6.45) is 3.97. The molecule has 2 aromatic rings. The van der Waals surface area contributed by atoms with Crippen molar-refractivity contribution in [3.05, 3.63) is 24.4 Å². The first-order valence-corrected chi connectivity index (χ1v) is 7.54. The van der Waals surface area contributed by atoms with Gasteiger partial charge in [0.15, 0.2) is 21.3 Å². The number of fused-ring (bicyclic) bond motifs is 1. The molecule has 0 saturated carbocycles. The zero-order chi connectivity index (χ0) is 12.6. The van der Waals surface area contributed by atoms with Gasteiger partial charge in [0.2, 0.25) is 0 Å². The predicted molar refractivity (Wildman–Crippen MR) is 64.7 cm³/mol. The van der Waals surface area contributed by atoms with Crippen LogP contribution in [0.15, 0.2) is 18.6 Å². The monoisotopic (exact) mass is 267 g/mol. The van der Waals surface area contributed by atoms with E-state index < -0.39 is 9.84 Å². The standard InChI is InChI=1S/C10H13N5O2S/c16-18(17)4-2-8(6-18)12-5-10-14-13-9-1-3-11-7-15(9)10/h1,3,7-8,12H,2,4-6H2. The molecule has 1 saturated heterocycles. The summed E-state index contributed by atoms with van der Waals surface area (Å²) < 4.78 is 24.5. The molecule has 1 fully saturated rings. The number of nitrogens with zero attached hydrogens (tertiary/aromatic N) is 4. The molecule has 1 atom stereocenters. The molecule has 1 aliphatic rings. The highest BCUT2D eigenvalue weighted by molar-refractivity contribution is 7.91. The van der Waals surface area contributed by atoms with Gasteiger partial charge in [-0.05, 0) is 6.42 Å². The van der Waals surface area contributed by atoms with Gasteiger partial charge in [-0.25, -0.2) is 13.4 Å². The lowest BCUT2D eigenvalue weighted by Crippen LogP contribution is -2.30. The van der Waals surface area contributed by atoms with Crippen molar-refractivity contribution in [3.8, 4) is 0 Å². The van der Waals surface area contributed by atoms with Gasteiger partial charge in [-0.2, -0.15) is 0 Å². The molecule has 3 heterocycles. The summed E-state index contributed by atoms with van der Waals surface area (Å²) in [6.45, 7) is 0.493. The van der Waals surface area contributed by atoms with Crippen LogP contribution in [0.3, 0.4) is 0 Å². The summed E-state index contributed by atoms with van der Waals surface area (Å²) in [5.41, 5.74) is 0.737. The third-order valence-electron chi connectivity index (χ3n) is 3.07. The average molecular weight is 267 g/mol. The minimum absolute atomic E-state index is 0.0130. The van der Waals surface area contributed by atoms with E-state index in [0.29, 0.717) is 13.0 Å². The molecular weight excluding hydrogens is 254 g/mol. The van der Waals surface area contributed by atoms with Crippen LogP contribution < -0.4 is 5.32 Å². The minimum Gasteiger partial charge on any atom is -0.306 e. The van der Waals surface area contributed by atoms with Gasteiger partial charge >= 0.3 is 0 Å². The van der Waals surface area contributed by atoms with E-state index in [2.05, 4.69) is 20.5 Å². The molecule has 0 amide bonds. The van der Waals surface area contributed by atoms with Crippen molar-refractivity contribution >= 4 is 15.5 Å². The molecule has 3 rings (SSSR count). The van der Waals surface area contributed by atoms with Crippen LogP contribution in [0, 0.1) is 0 Å². The zero-order valence-electron chi connectivity index (χ0n) is 9.65. The van der Waals surface area contributed by atoms with Crippen molar-refractivity contribution in [2.45, 2.75) is 19.0 Å². The van der Waals surface area contributed by atoms with Crippen molar-refractivity contribution in [3.63, 3.8) is 0 Å². The van der Waals surface area contributed by atoms with E-state index >= 15 is 0 Å². The van der Waals surface area contributed by atoms with Crippen molar-refractivity contribution in [2.24, 2.45) is 0 Å². The SMILES string of the molecule is O=S1(=O)CCC(NCc2nnc3ccncn23)C1. The molecule has 0 aliphatic carbocycles. The van der Waals surface area contributed by atoms with Crippen LogP contribution in [0.2, 0.25) is 0 Å². The molecule has 0 bridgehead atoms. The van der Waals surface area contributed by atoms with Crippen LogP contribution in [0.5, 0.6) is 0 Å². The number of rotatable bonds is 3. The summed E-state index contributed by atoms with van der Waals surface area (Å²) in [6, 6.07) is 1.79. The second-order valence-electron chi connectivity index (χ2n) is 4.41. The summed E-state index contributed by atoms with van der Waals surface area (Å²) >= 11 is 0. The second-order valence-corrected chi connectivity index (χ2v) is 6.63. The molecule has 1 N–H and O–H groups in total. The summed E-state index contributed by atoms with van der Waals surface area (Å²) in [7, 11) is -2.85. The van der Waals surface area contributed by atoms with Gasteiger partial charge in [0.05, 0.1) is 18.1 Å². The Bertz CT molecular complexity index is 666. The van der Waals surface area contributed by atoms with Crippen LogP contribution in [-0.4, -0.2) is 45.5 Å². The first kappa shape index (κ1) is 11.5. The minimum atomic E-state index is -2.85. The topological polar surface area (TPSA) is 89.2 Å². The average Bonchev–Trinajstić information content (AvgIpc) is 2.90. The maximum Gasteiger partial charge on any atom is 0.163 e.